The van der Waals surface area contributed by atoms with Crippen LogP contribution in [-0.4, -0.2) is 41.1 Å². The van der Waals surface area contributed by atoms with E-state index in [-0.39, 0.29) is 23.8 Å². The summed E-state index contributed by atoms with van der Waals surface area (Å²) in [7, 11) is 1.79. The first-order valence-electron chi connectivity index (χ1n) is 9.30. The highest BCUT2D eigenvalue weighted by Gasteiger charge is 2.42. The zero-order chi connectivity index (χ0) is 18.1. The smallest absolute Gasteiger partial charge is 0.236 e. The predicted molar refractivity (Wildman–Crippen MR) is 95.7 cm³/mol. The SMILES string of the molecule is COC1CCC2(CCN(C(=O)Cc3nc(C)no3)CC2)c2ccccc21. The molecule has 1 aliphatic heterocycles. The van der Waals surface area contributed by atoms with Gasteiger partial charge in [0.25, 0.3) is 0 Å². The lowest BCUT2D eigenvalue weighted by molar-refractivity contribution is -0.132. The molecule has 4 rings (SSSR count). The predicted octanol–water partition coefficient (Wildman–Crippen LogP) is 2.96. The van der Waals surface area contributed by atoms with Crippen molar-refractivity contribution in [3.8, 4) is 0 Å². The molecule has 138 valence electrons. The number of likely N-dealkylation sites (tertiary alicyclic amines) is 1. The largest absolute Gasteiger partial charge is 0.377 e. The monoisotopic (exact) mass is 355 g/mol. The number of hydrogen-bond donors (Lipinski definition) is 0. The van der Waals surface area contributed by atoms with Gasteiger partial charge in [-0.25, -0.2) is 0 Å². The number of rotatable bonds is 3. The molecule has 0 bridgehead atoms. The lowest BCUT2D eigenvalue weighted by Crippen LogP contribution is -2.47. The number of benzene rings is 1. The van der Waals surface area contributed by atoms with E-state index in [1.54, 1.807) is 14.0 Å². The van der Waals surface area contributed by atoms with E-state index in [4.69, 9.17) is 9.26 Å². The van der Waals surface area contributed by atoms with Gasteiger partial charge >= 0.3 is 0 Å². The summed E-state index contributed by atoms with van der Waals surface area (Å²) in [6.07, 6.45) is 4.54. The maximum atomic E-state index is 12.6. The minimum absolute atomic E-state index is 0.0716. The Morgan fingerprint density at radius 2 is 2.08 bits per heavy atom. The molecule has 2 aliphatic rings. The number of fused-ring (bicyclic) bond motifs is 2. The van der Waals surface area contributed by atoms with Crippen LogP contribution in [0, 0.1) is 6.92 Å². The second-order valence-corrected chi connectivity index (χ2v) is 7.42. The summed E-state index contributed by atoms with van der Waals surface area (Å²) >= 11 is 0. The van der Waals surface area contributed by atoms with Gasteiger partial charge in [-0.05, 0) is 49.1 Å². The summed E-state index contributed by atoms with van der Waals surface area (Å²) in [6.45, 7) is 3.31. The quantitative estimate of drug-likeness (QED) is 0.847. The summed E-state index contributed by atoms with van der Waals surface area (Å²) in [5.41, 5.74) is 2.91. The van der Waals surface area contributed by atoms with Gasteiger partial charge in [0.1, 0.15) is 6.42 Å². The molecule has 1 atom stereocenters. The number of hydrogen-bond acceptors (Lipinski definition) is 5. The number of carbonyl (C=O) groups is 1. The van der Waals surface area contributed by atoms with Gasteiger partial charge in [-0.15, -0.1) is 0 Å². The number of aryl methyl sites for hydroxylation is 1. The second-order valence-electron chi connectivity index (χ2n) is 7.42. The molecule has 6 nitrogen and oxygen atoms in total. The number of ether oxygens (including phenoxy) is 1. The summed E-state index contributed by atoms with van der Waals surface area (Å²) in [5, 5.41) is 3.75. The maximum absolute atomic E-state index is 12.6. The van der Waals surface area contributed by atoms with Crippen LogP contribution >= 0.6 is 0 Å². The fourth-order valence-corrected chi connectivity index (χ4v) is 4.56. The topological polar surface area (TPSA) is 68.5 Å². The van der Waals surface area contributed by atoms with Crippen molar-refractivity contribution in [2.75, 3.05) is 20.2 Å². The van der Waals surface area contributed by atoms with Crippen molar-refractivity contribution in [2.24, 2.45) is 0 Å². The van der Waals surface area contributed by atoms with Gasteiger partial charge in [0.2, 0.25) is 11.8 Å². The molecular weight excluding hydrogens is 330 g/mol. The summed E-state index contributed by atoms with van der Waals surface area (Å²) in [6, 6.07) is 8.65. The third-order valence-electron chi connectivity index (χ3n) is 5.99. The average molecular weight is 355 g/mol. The summed E-state index contributed by atoms with van der Waals surface area (Å²) in [4.78, 5) is 18.6. The van der Waals surface area contributed by atoms with Crippen LogP contribution < -0.4 is 0 Å². The van der Waals surface area contributed by atoms with Crippen LogP contribution in [0.4, 0.5) is 0 Å². The van der Waals surface area contributed by atoms with Crippen molar-refractivity contribution < 1.29 is 14.1 Å². The highest BCUT2D eigenvalue weighted by Crippen LogP contribution is 2.48. The number of piperidine rings is 1. The van der Waals surface area contributed by atoms with E-state index in [2.05, 4.69) is 34.4 Å². The zero-order valence-electron chi connectivity index (χ0n) is 15.4. The van der Waals surface area contributed by atoms with E-state index in [0.29, 0.717) is 11.7 Å². The van der Waals surface area contributed by atoms with Crippen molar-refractivity contribution >= 4 is 5.91 Å². The third-order valence-corrected chi connectivity index (χ3v) is 5.99. The molecule has 1 aromatic carbocycles. The molecule has 0 radical (unpaired) electrons. The van der Waals surface area contributed by atoms with E-state index < -0.39 is 0 Å². The molecule has 1 aromatic heterocycles. The Kier molecular flexibility index (Phi) is 4.53. The molecule has 1 unspecified atom stereocenters. The number of aromatic nitrogens is 2. The molecule has 0 saturated carbocycles. The van der Waals surface area contributed by atoms with Gasteiger partial charge in [0.05, 0.1) is 6.10 Å². The first kappa shape index (κ1) is 17.2. The molecule has 2 heterocycles. The molecular formula is C20H25N3O3. The van der Waals surface area contributed by atoms with Crippen LogP contribution in [0.15, 0.2) is 28.8 Å². The van der Waals surface area contributed by atoms with Crippen LogP contribution in [0.3, 0.4) is 0 Å². The Morgan fingerprint density at radius 3 is 2.77 bits per heavy atom. The normalized spacial score (nSPS) is 21.6. The van der Waals surface area contributed by atoms with Crippen molar-refractivity contribution in [3.05, 3.63) is 47.1 Å². The molecule has 26 heavy (non-hydrogen) atoms. The lowest BCUT2D eigenvalue weighted by Gasteiger charge is -2.47. The fraction of sp³-hybridized carbons (Fsp3) is 0.550. The van der Waals surface area contributed by atoms with Crippen LogP contribution in [0.2, 0.25) is 0 Å². The molecule has 1 aliphatic carbocycles. The highest BCUT2D eigenvalue weighted by molar-refractivity contribution is 5.78. The van der Waals surface area contributed by atoms with Crippen LogP contribution in [-0.2, 0) is 21.4 Å². The number of methoxy groups -OCH3 is 1. The Labute approximate surface area is 153 Å². The Balaban J connectivity index is 1.47. The van der Waals surface area contributed by atoms with Gasteiger partial charge in [0.15, 0.2) is 5.82 Å². The average Bonchev–Trinajstić information content (AvgIpc) is 3.07. The molecule has 0 N–H and O–H groups in total. The van der Waals surface area contributed by atoms with E-state index in [0.717, 1.165) is 38.8 Å². The first-order chi connectivity index (χ1) is 12.6. The fourth-order valence-electron chi connectivity index (χ4n) is 4.56. The van der Waals surface area contributed by atoms with Crippen LogP contribution in [0.25, 0.3) is 0 Å². The van der Waals surface area contributed by atoms with Crippen LogP contribution in [0.5, 0.6) is 0 Å². The molecule has 2 aromatic rings. The summed E-state index contributed by atoms with van der Waals surface area (Å²) < 4.78 is 10.8. The standard InChI is InChI=1S/C20H25N3O3/c1-14-21-18(26-22-14)13-19(24)23-11-9-20(10-12-23)8-7-17(25-2)15-5-3-4-6-16(15)20/h3-6,17H,7-13H2,1-2H3. The molecule has 1 fully saturated rings. The first-order valence-corrected chi connectivity index (χ1v) is 9.30. The maximum Gasteiger partial charge on any atom is 0.236 e. The van der Waals surface area contributed by atoms with Crippen molar-refractivity contribution in [1.82, 2.24) is 15.0 Å². The Bertz CT molecular complexity index is 793. The summed E-state index contributed by atoms with van der Waals surface area (Å²) in [5.74, 6) is 1.04. The molecule has 1 spiro atoms. The van der Waals surface area contributed by atoms with E-state index in [9.17, 15) is 4.79 Å². The number of carbonyl (C=O) groups excluding carboxylic acids is 1. The van der Waals surface area contributed by atoms with Crippen molar-refractivity contribution in [1.29, 1.82) is 0 Å². The molecule has 1 amide bonds. The van der Waals surface area contributed by atoms with Gasteiger partial charge in [-0.1, -0.05) is 29.4 Å². The number of nitrogens with zero attached hydrogens (tertiary/aromatic N) is 3. The minimum atomic E-state index is 0.0716. The van der Waals surface area contributed by atoms with Crippen molar-refractivity contribution in [2.45, 2.75) is 50.5 Å². The molecule has 6 heteroatoms. The van der Waals surface area contributed by atoms with Crippen molar-refractivity contribution in [3.63, 3.8) is 0 Å². The van der Waals surface area contributed by atoms with E-state index in [1.807, 2.05) is 4.90 Å². The second kappa shape index (κ2) is 6.83. The van der Waals surface area contributed by atoms with Gasteiger partial charge in [-0.3, -0.25) is 4.79 Å². The Morgan fingerprint density at radius 1 is 1.31 bits per heavy atom. The van der Waals surface area contributed by atoms with Crippen LogP contribution in [0.1, 0.15) is 54.6 Å². The van der Waals surface area contributed by atoms with E-state index in [1.165, 1.54) is 11.1 Å². The molecule has 1 saturated heterocycles. The van der Waals surface area contributed by atoms with Gasteiger partial charge in [-0.2, -0.15) is 4.98 Å². The third kappa shape index (κ3) is 3.03. The van der Waals surface area contributed by atoms with Gasteiger partial charge in [0, 0.05) is 20.2 Å². The minimum Gasteiger partial charge on any atom is -0.377 e. The zero-order valence-corrected chi connectivity index (χ0v) is 15.4. The highest BCUT2D eigenvalue weighted by atomic mass is 16.5. The van der Waals surface area contributed by atoms with Gasteiger partial charge < -0.3 is 14.2 Å². The number of amides is 1. The van der Waals surface area contributed by atoms with E-state index >= 15 is 0 Å². The lowest BCUT2D eigenvalue weighted by atomic mass is 9.64. The Hall–Kier alpha value is -2.21.